The van der Waals surface area contributed by atoms with Crippen molar-refractivity contribution in [2.75, 3.05) is 26.3 Å². The van der Waals surface area contributed by atoms with E-state index in [-0.39, 0.29) is 17.6 Å². The molecule has 1 saturated heterocycles. The van der Waals surface area contributed by atoms with Crippen LogP contribution in [0.5, 0.6) is 11.5 Å². The summed E-state index contributed by atoms with van der Waals surface area (Å²) in [4.78, 5) is 27.4. The van der Waals surface area contributed by atoms with Gasteiger partial charge < -0.3 is 14.4 Å². The Bertz CT molecular complexity index is 954. The quantitative estimate of drug-likeness (QED) is 0.616. The van der Waals surface area contributed by atoms with Gasteiger partial charge in [-0.2, -0.15) is 0 Å². The Kier molecular flexibility index (Phi) is 6.49. The van der Waals surface area contributed by atoms with Crippen LogP contribution in [-0.4, -0.2) is 42.9 Å². The molecule has 2 aromatic rings. The molecule has 0 saturated carbocycles. The van der Waals surface area contributed by atoms with Gasteiger partial charge in [0.05, 0.1) is 10.0 Å². The number of rotatable bonds is 5. The first-order valence-corrected chi connectivity index (χ1v) is 10.9. The van der Waals surface area contributed by atoms with Gasteiger partial charge in [0, 0.05) is 31.0 Å². The van der Waals surface area contributed by atoms with Crippen molar-refractivity contribution < 1.29 is 19.1 Å². The number of benzene rings is 2. The molecule has 2 heterocycles. The molecular formula is C23H23Cl2NO4. The van der Waals surface area contributed by atoms with E-state index in [2.05, 4.69) is 0 Å². The summed E-state index contributed by atoms with van der Waals surface area (Å²) in [5.41, 5.74) is 1.51. The number of nitrogens with zero attached hydrogens (tertiary/aromatic N) is 1. The zero-order chi connectivity index (χ0) is 21.1. The number of hydrogen-bond acceptors (Lipinski definition) is 4. The van der Waals surface area contributed by atoms with Crippen LogP contribution in [0.2, 0.25) is 10.0 Å². The molecule has 2 aliphatic rings. The maximum absolute atomic E-state index is 12.9. The Morgan fingerprint density at radius 2 is 1.73 bits per heavy atom. The molecule has 0 aliphatic carbocycles. The van der Waals surface area contributed by atoms with E-state index in [4.69, 9.17) is 32.7 Å². The number of piperidine rings is 1. The highest BCUT2D eigenvalue weighted by Crippen LogP contribution is 2.33. The normalized spacial score (nSPS) is 16.4. The van der Waals surface area contributed by atoms with Crippen molar-refractivity contribution in [1.82, 2.24) is 4.90 Å². The molecule has 5 nitrogen and oxygen atoms in total. The molecule has 1 fully saturated rings. The summed E-state index contributed by atoms with van der Waals surface area (Å²) in [6, 6.07) is 10.8. The molecule has 0 radical (unpaired) electrons. The second-order valence-corrected chi connectivity index (χ2v) is 8.38. The fourth-order valence-electron chi connectivity index (χ4n) is 3.96. The van der Waals surface area contributed by atoms with E-state index in [9.17, 15) is 9.59 Å². The SMILES string of the molecule is O=C(c1ccc2c(c1)OCCO2)C1CCN(C(=O)CCc2cccc(Cl)c2Cl)CC1. The van der Waals surface area contributed by atoms with E-state index in [0.29, 0.717) is 79.1 Å². The molecule has 4 rings (SSSR count). The van der Waals surface area contributed by atoms with Gasteiger partial charge in [-0.3, -0.25) is 9.59 Å². The summed E-state index contributed by atoms with van der Waals surface area (Å²) < 4.78 is 11.1. The lowest BCUT2D eigenvalue weighted by atomic mass is 9.88. The van der Waals surface area contributed by atoms with Gasteiger partial charge in [-0.25, -0.2) is 0 Å². The van der Waals surface area contributed by atoms with E-state index >= 15 is 0 Å². The highest BCUT2D eigenvalue weighted by atomic mass is 35.5. The summed E-state index contributed by atoms with van der Waals surface area (Å²) >= 11 is 12.2. The maximum atomic E-state index is 12.9. The molecule has 2 aromatic carbocycles. The van der Waals surface area contributed by atoms with E-state index in [1.807, 2.05) is 17.0 Å². The Morgan fingerprint density at radius 3 is 2.50 bits per heavy atom. The lowest BCUT2D eigenvalue weighted by Crippen LogP contribution is -2.40. The first kappa shape index (κ1) is 21.0. The first-order chi connectivity index (χ1) is 14.5. The molecule has 0 N–H and O–H groups in total. The molecule has 30 heavy (non-hydrogen) atoms. The monoisotopic (exact) mass is 447 g/mol. The molecule has 158 valence electrons. The second kappa shape index (κ2) is 9.27. The standard InChI is InChI=1S/C23H23Cl2NO4/c24-18-3-1-2-15(22(18)25)5-7-21(27)26-10-8-16(9-11-26)23(28)17-4-6-19-20(14-17)30-13-12-29-19/h1-4,6,14,16H,5,7-13H2. The minimum absolute atomic E-state index is 0.0799. The van der Waals surface area contributed by atoms with Gasteiger partial charge in [0.25, 0.3) is 0 Å². The second-order valence-electron chi connectivity index (χ2n) is 7.59. The summed E-state index contributed by atoms with van der Waals surface area (Å²) in [6.45, 7) is 2.19. The zero-order valence-corrected chi connectivity index (χ0v) is 18.0. The third-order valence-electron chi connectivity index (χ3n) is 5.68. The average Bonchev–Trinajstić information content (AvgIpc) is 2.79. The van der Waals surface area contributed by atoms with Gasteiger partial charge in [0.1, 0.15) is 13.2 Å². The minimum Gasteiger partial charge on any atom is -0.486 e. The van der Waals surface area contributed by atoms with Gasteiger partial charge in [0.15, 0.2) is 17.3 Å². The van der Waals surface area contributed by atoms with E-state index in [1.165, 1.54) is 0 Å². The van der Waals surface area contributed by atoms with Crippen molar-refractivity contribution in [2.45, 2.75) is 25.7 Å². The third kappa shape index (κ3) is 4.57. The fourth-order valence-corrected chi connectivity index (χ4v) is 4.38. The highest BCUT2D eigenvalue weighted by molar-refractivity contribution is 6.42. The number of hydrogen-bond donors (Lipinski definition) is 0. The lowest BCUT2D eigenvalue weighted by Gasteiger charge is -2.31. The van der Waals surface area contributed by atoms with Gasteiger partial charge in [-0.05, 0) is 49.1 Å². The van der Waals surface area contributed by atoms with Crippen LogP contribution in [0.3, 0.4) is 0 Å². The molecular weight excluding hydrogens is 425 g/mol. The molecule has 0 unspecified atom stereocenters. The number of likely N-dealkylation sites (tertiary alicyclic amines) is 1. The smallest absolute Gasteiger partial charge is 0.222 e. The van der Waals surface area contributed by atoms with Crippen LogP contribution >= 0.6 is 23.2 Å². The Morgan fingerprint density at radius 1 is 1.00 bits per heavy atom. The molecule has 0 aromatic heterocycles. The molecule has 2 aliphatic heterocycles. The predicted octanol–water partition coefficient (Wildman–Crippen LogP) is 4.82. The third-order valence-corrected chi connectivity index (χ3v) is 6.54. The van der Waals surface area contributed by atoms with Gasteiger partial charge in [0.2, 0.25) is 5.91 Å². The number of ketones is 1. The average molecular weight is 448 g/mol. The first-order valence-electron chi connectivity index (χ1n) is 10.2. The van der Waals surface area contributed by atoms with Crippen LogP contribution in [0.15, 0.2) is 36.4 Å². The number of fused-ring (bicyclic) bond motifs is 1. The highest BCUT2D eigenvalue weighted by Gasteiger charge is 2.28. The van der Waals surface area contributed by atoms with Crippen LogP contribution in [0, 0.1) is 5.92 Å². The number of ether oxygens (including phenoxy) is 2. The Hall–Kier alpha value is -2.24. The summed E-state index contributed by atoms with van der Waals surface area (Å²) in [5, 5.41) is 1.01. The van der Waals surface area contributed by atoms with Crippen molar-refractivity contribution in [3.63, 3.8) is 0 Å². The van der Waals surface area contributed by atoms with Gasteiger partial charge in [-0.15, -0.1) is 0 Å². The number of Topliss-reactive ketones (excluding diaryl/α,β-unsaturated/α-hetero) is 1. The number of amides is 1. The van der Waals surface area contributed by atoms with Crippen LogP contribution in [0.1, 0.15) is 35.2 Å². The van der Waals surface area contributed by atoms with Crippen molar-refractivity contribution in [3.8, 4) is 11.5 Å². The number of halogens is 2. The van der Waals surface area contributed by atoms with Crippen molar-refractivity contribution in [1.29, 1.82) is 0 Å². The fraction of sp³-hybridized carbons (Fsp3) is 0.391. The van der Waals surface area contributed by atoms with Gasteiger partial charge >= 0.3 is 0 Å². The molecule has 7 heteroatoms. The van der Waals surface area contributed by atoms with Gasteiger partial charge in [-0.1, -0.05) is 35.3 Å². The van der Waals surface area contributed by atoms with E-state index in [0.717, 1.165) is 5.56 Å². The van der Waals surface area contributed by atoms with Crippen molar-refractivity contribution in [2.24, 2.45) is 5.92 Å². The van der Waals surface area contributed by atoms with Crippen LogP contribution in [-0.2, 0) is 11.2 Å². The summed E-state index contributed by atoms with van der Waals surface area (Å²) in [5.74, 6) is 1.40. The Balaban J connectivity index is 1.30. The van der Waals surface area contributed by atoms with Crippen molar-refractivity contribution >= 4 is 34.9 Å². The number of carbonyl (C=O) groups excluding carboxylic acids is 2. The molecule has 1 amide bonds. The van der Waals surface area contributed by atoms with E-state index < -0.39 is 0 Å². The molecule has 0 spiro atoms. The van der Waals surface area contributed by atoms with Crippen LogP contribution in [0.4, 0.5) is 0 Å². The molecule has 0 bridgehead atoms. The predicted molar refractivity (Wildman–Crippen MR) is 116 cm³/mol. The molecule has 0 atom stereocenters. The van der Waals surface area contributed by atoms with E-state index in [1.54, 1.807) is 24.3 Å². The zero-order valence-electron chi connectivity index (χ0n) is 16.5. The largest absolute Gasteiger partial charge is 0.486 e. The lowest BCUT2D eigenvalue weighted by molar-refractivity contribution is -0.132. The number of carbonyl (C=O) groups is 2. The number of aryl methyl sites for hydroxylation is 1. The summed E-state index contributed by atoms with van der Waals surface area (Å²) in [7, 11) is 0. The maximum Gasteiger partial charge on any atom is 0.222 e. The Labute approximate surface area is 185 Å². The van der Waals surface area contributed by atoms with Crippen LogP contribution in [0.25, 0.3) is 0 Å². The minimum atomic E-state index is -0.0843. The summed E-state index contributed by atoms with van der Waals surface area (Å²) in [6.07, 6.45) is 2.25. The van der Waals surface area contributed by atoms with Crippen LogP contribution < -0.4 is 9.47 Å². The van der Waals surface area contributed by atoms with Crippen molar-refractivity contribution in [3.05, 3.63) is 57.6 Å². The topological polar surface area (TPSA) is 55.8 Å².